The number of hydrogen-bond acceptors (Lipinski definition) is 4. The number of carbonyl (C=O) groups excluding carboxylic acids is 2. The summed E-state index contributed by atoms with van der Waals surface area (Å²) >= 11 is 6.23. The van der Waals surface area contributed by atoms with Crippen LogP contribution in [-0.4, -0.2) is 32.1 Å². The first-order valence-corrected chi connectivity index (χ1v) is 9.96. The molecule has 0 radical (unpaired) electrons. The molecule has 2 aromatic carbocycles. The first kappa shape index (κ1) is 23.3. The molecule has 0 saturated carbocycles. The predicted molar refractivity (Wildman–Crippen MR) is 120 cm³/mol. The van der Waals surface area contributed by atoms with Gasteiger partial charge in [0.25, 0.3) is 0 Å². The van der Waals surface area contributed by atoms with Gasteiger partial charge in [0.15, 0.2) is 11.5 Å². The van der Waals surface area contributed by atoms with Crippen molar-refractivity contribution in [3.05, 3.63) is 57.6 Å². The molecule has 0 aliphatic heterocycles. The summed E-state index contributed by atoms with van der Waals surface area (Å²) in [6.45, 7) is 8.05. The number of amides is 2. The summed E-state index contributed by atoms with van der Waals surface area (Å²) < 4.78 is 10.8. The van der Waals surface area contributed by atoms with E-state index in [2.05, 4.69) is 10.6 Å². The maximum Gasteiger partial charge on any atom is 0.244 e. The molecule has 30 heavy (non-hydrogen) atoms. The van der Waals surface area contributed by atoms with Crippen LogP contribution in [0.25, 0.3) is 6.08 Å². The Morgan fingerprint density at radius 2 is 1.77 bits per heavy atom. The van der Waals surface area contributed by atoms with Crippen LogP contribution in [0.1, 0.15) is 29.2 Å². The van der Waals surface area contributed by atoms with E-state index in [1.165, 1.54) is 13.2 Å². The standard InChI is InChI=1S/C23H27ClN2O4/c1-6-30-23-18(24)11-17(12-19(23)29-5)7-8-20(27)25-13-21(28)26-22-15(3)9-14(2)10-16(22)4/h7-12H,6,13H2,1-5H3,(H,25,27)(H,26,28)/b8-7+. The van der Waals surface area contributed by atoms with Crippen LogP contribution in [0.4, 0.5) is 5.69 Å². The Balaban J connectivity index is 1.97. The lowest BCUT2D eigenvalue weighted by Crippen LogP contribution is -2.32. The van der Waals surface area contributed by atoms with Gasteiger partial charge in [-0.15, -0.1) is 0 Å². The van der Waals surface area contributed by atoms with Crippen LogP contribution >= 0.6 is 11.6 Å². The van der Waals surface area contributed by atoms with Crippen molar-refractivity contribution in [3.63, 3.8) is 0 Å². The number of methoxy groups -OCH3 is 1. The SMILES string of the molecule is CCOc1c(Cl)cc(/C=C/C(=O)NCC(=O)Nc2c(C)cc(C)cc2C)cc1OC. The normalized spacial score (nSPS) is 10.7. The summed E-state index contributed by atoms with van der Waals surface area (Å²) in [4.78, 5) is 24.3. The Labute approximate surface area is 182 Å². The lowest BCUT2D eigenvalue weighted by molar-refractivity contribution is -0.121. The number of nitrogens with one attached hydrogen (secondary N) is 2. The van der Waals surface area contributed by atoms with Gasteiger partial charge < -0.3 is 20.1 Å². The van der Waals surface area contributed by atoms with Crippen LogP contribution in [0.15, 0.2) is 30.3 Å². The summed E-state index contributed by atoms with van der Waals surface area (Å²) in [5, 5.41) is 5.81. The van der Waals surface area contributed by atoms with Gasteiger partial charge in [-0.25, -0.2) is 0 Å². The molecule has 0 aromatic heterocycles. The number of anilines is 1. The van der Waals surface area contributed by atoms with Crippen molar-refractivity contribution < 1.29 is 19.1 Å². The largest absolute Gasteiger partial charge is 0.493 e. The van der Waals surface area contributed by atoms with E-state index in [4.69, 9.17) is 21.1 Å². The number of rotatable bonds is 8. The maximum absolute atomic E-state index is 12.2. The zero-order valence-electron chi connectivity index (χ0n) is 17.9. The summed E-state index contributed by atoms with van der Waals surface area (Å²) in [6, 6.07) is 7.39. The van der Waals surface area contributed by atoms with E-state index in [0.717, 1.165) is 22.4 Å². The minimum atomic E-state index is -0.397. The van der Waals surface area contributed by atoms with Crippen molar-refractivity contribution in [3.8, 4) is 11.5 Å². The summed E-state index contributed by atoms with van der Waals surface area (Å²) in [7, 11) is 1.52. The zero-order valence-corrected chi connectivity index (χ0v) is 18.6. The number of ether oxygens (including phenoxy) is 2. The Morgan fingerprint density at radius 1 is 1.10 bits per heavy atom. The number of halogens is 1. The lowest BCUT2D eigenvalue weighted by Gasteiger charge is -2.13. The van der Waals surface area contributed by atoms with Crippen molar-refractivity contribution in [1.29, 1.82) is 0 Å². The maximum atomic E-state index is 12.2. The van der Waals surface area contributed by atoms with E-state index in [0.29, 0.717) is 28.7 Å². The van der Waals surface area contributed by atoms with E-state index < -0.39 is 5.91 Å². The number of benzene rings is 2. The van der Waals surface area contributed by atoms with Gasteiger partial charge in [-0.05, 0) is 62.6 Å². The van der Waals surface area contributed by atoms with E-state index in [9.17, 15) is 9.59 Å². The molecular formula is C23H27ClN2O4. The van der Waals surface area contributed by atoms with Crippen LogP contribution in [0.2, 0.25) is 5.02 Å². The molecule has 0 aliphatic carbocycles. The fraction of sp³-hybridized carbons (Fsp3) is 0.304. The van der Waals surface area contributed by atoms with Gasteiger partial charge in [-0.1, -0.05) is 29.3 Å². The highest BCUT2D eigenvalue weighted by molar-refractivity contribution is 6.32. The molecule has 160 valence electrons. The molecule has 2 aromatic rings. The Morgan fingerprint density at radius 3 is 2.37 bits per heavy atom. The van der Waals surface area contributed by atoms with E-state index in [-0.39, 0.29) is 12.5 Å². The zero-order chi connectivity index (χ0) is 22.3. The third kappa shape index (κ3) is 6.26. The third-order valence-electron chi connectivity index (χ3n) is 4.33. The van der Waals surface area contributed by atoms with E-state index >= 15 is 0 Å². The van der Waals surface area contributed by atoms with Gasteiger partial charge in [0.2, 0.25) is 11.8 Å². The fourth-order valence-electron chi connectivity index (χ4n) is 3.08. The average molecular weight is 431 g/mol. The number of aryl methyl sites for hydroxylation is 3. The van der Waals surface area contributed by atoms with Gasteiger partial charge in [0, 0.05) is 11.8 Å². The van der Waals surface area contributed by atoms with E-state index in [1.54, 1.807) is 18.2 Å². The molecule has 6 nitrogen and oxygen atoms in total. The Kier molecular flexibility index (Phi) is 8.30. The highest BCUT2D eigenvalue weighted by Crippen LogP contribution is 2.36. The monoisotopic (exact) mass is 430 g/mol. The van der Waals surface area contributed by atoms with Gasteiger partial charge in [-0.3, -0.25) is 9.59 Å². The third-order valence-corrected chi connectivity index (χ3v) is 4.61. The summed E-state index contributed by atoms with van der Waals surface area (Å²) in [5.74, 6) is 0.248. The lowest BCUT2D eigenvalue weighted by atomic mass is 10.1. The van der Waals surface area contributed by atoms with Crippen LogP contribution < -0.4 is 20.1 Å². The second-order valence-corrected chi connectivity index (χ2v) is 7.25. The molecule has 2 rings (SSSR count). The molecule has 0 aliphatic rings. The van der Waals surface area contributed by atoms with Crippen LogP contribution in [0.3, 0.4) is 0 Å². The minimum Gasteiger partial charge on any atom is -0.493 e. The second kappa shape index (κ2) is 10.7. The van der Waals surface area contributed by atoms with Crippen LogP contribution in [-0.2, 0) is 9.59 Å². The van der Waals surface area contributed by atoms with Crippen molar-refractivity contribution in [2.45, 2.75) is 27.7 Å². The van der Waals surface area contributed by atoms with Gasteiger partial charge in [-0.2, -0.15) is 0 Å². The van der Waals surface area contributed by atoms with Gasteiger partial charge in [0.1, 0.15) is 0 Å². The van der Waals surface area contributed by atoms with Crippen molar-refractivity contribution in [2.24, 2.45) is 0 Å². The molecule has 7 heteroatoms. The molecule has 0 spiro atoms. The molecule has 2 amide bonds. The van der Waals surface area contributed by atoms with Crippen molar-refractivity contribution in [1.82, 2.24) is 5.32 Å². The van der Waals surface area contributed by atoms with Crippen LogP contribution in [0.5, 0.6) is 11.5 Å². The Hall–Kier alpha value is -2.99. The quantitative estimate of drug-likeness (QED) is 0.607. The molecule has 2 N–H and O–H groups in total. The first-order valence-electron chi connectivity index (χ1n) is 9.59. The molecule has 0 unspecified atom stereocenters. The van der Waals surface area contributed by atoms with Gasteiger partial charge in [0.05, 0.1) is 25.3 Å². The van der Waals surface area contributed by atoms with Crippen molar-refractivity contribution >= 4 is 35.2 Å². The van der Waals surface area contributed by atoms with Crippen LogP contribution in [0, 0.1) is 20.8 Å². The predicted octanol–water partition coefficient (Wildman–Crippen LogP) is 4.44. The topological polar surface area (TPSA) is 76.7 Å². The Bertz CT molecular complexity index is 947. The number of hydrogen-bond donors (Lipinski definition) is 2. The molecule has 0 bridgehead atoms. The second-order valence-electron chi connectivity index (χ2n) is 6.84. The average Bonchev–Trinajstić information content (AvgIpc) is 2.69. The highest BCUT2D eigenvalue weighted by atomic mass is 35.5. The van der Waals surface area contributed by atoms with Crippen molar-refractivity contribution in [2.75, 3.05) is 25.6 Å². The minimum absolute atomic E-state index is 0.136. The molecule has 0 saturated heterocycles. The molecular weight excluding hydrogens is 404 g/mol. The fourth-order valence-corrected chi connectivity index (χ4v) is 3.35. The molecule has 0 atom stereocenters. The summed E-state index contributed by atoms with van der Waals surface area (Å²) in [6.07, 6.45) is 2.92. The highest BCUT2D eigenvalue weighted by Gasteiger charge is 2.11. The van der Waals surface area contributed by atoms with E-state index in [1.807, 2.05) is 39.8 Å². The first-order chi connectivity index (χ1) is 14.2. The smallest absolute Gasteiger partial charge is 0.244 e. The van der Waals surface area contributed by atoms with Gasteiger partial charge >= 0.3 is 0 Å². The number of carbonyl (C=O) groups is 2. The summed E-state index contributed by atoms with van der Waals surface area (Å²) in [5.41, 5.74) is 4.53. The molecule has 0 heterocycles. The molecule has 0 fully saturated rings.